The van der Waals surface area contributed by atoms with E-state index in [9.17, 15) is 9.59 Å². The molecule has 2 aromatic rings. The Hall–Kier alpha value is -3.26. The van der Waals surface area contributed by atoms with Gasteiger partial charge in [0, 0.05) is 6.08 Å². The molecule has 42 heavy (non-hydrogen) atoms. The predicted molar refractivity (Wildman–Crippen MR) is 184 cm³/mol. The fourth-order valence-corrected chi connectivity index (χ4v) is 4.78. The van der Waals surface area contributed by atoms with Gasteiger partial charge in [-0.1, -0.05) is 119 Å². The summed E-state index contributed by atoms with van der Waals surface area (Å²) >= 11 is 0. The number of hydrogen-bond acceptors (Lipinski definition) is 3. The first-order valence-electron chi connectivity index (χ1n) is 15.7. The average Bonchev–Trinajstić information content (AvgIpc) is 2.99. The van der Waals surface area contributed by atoms with Crippen LogP contribution in [0.1, 0.15) is 102 Å². The second-order valence-corrected chi connectivity index (χ2v) is 10.9. The molecular weight excluding hydrogens is 514 g/mol. The first-order valence-corrected chi connectivity index (χ1v) is 15.7. The van der Waals surface area contributed by atoms with Gasteiger partial charge in [-0.2, -0.15) is 0 Å². The molecule has 2 aromatic carbocycles. The van der Waals surface area contributed by atoms with Crippen molar-refractivity contribution in [2.75, 3.05) is 14.1 Å². The minimum Gasteiger partial charge on any atom is -0.323 e. The standard InChI is InChI=1S/C30H42O2.C7H8.C2H7N/c1-6-16-27(21-22-31)18-12-10-8-9-11-13-20-29(28-19-15-14-17-25(28)4)30(24(3)7-2)26(5)23-32;1-7-5-3-2-4-6-7;1-3-2/h14-15,17,19-21,23,27H,3,6-13,16,18H2,1-2,4-5H3;2-6H,1H3;3H,1-2H3/b29-20+,30-26+;;. The van der Waals surface area contributed by atoms with Crippen LogP contribution in [0, 0.1) is 19.8 Å². The van der Waals surface area contributed by atoms with Crippen molar-refractivity contribution < 1.29 is 9.59 Å². The van der Waals surface area contributed by atoms with Crippen molar-refractivity contribution in [2.45, 2.75) is 98.8 Å². The van der Waals surface area contributed by atoms with Crippen LogP contribution >= 0.6 is 0 Å². The van der Waals surface area contributed by atoms with E-state index in [-0.39, 0.29) is 0 Å². The van der Waals surface area contributed by atoms with Crippen LogP contribution in [0.2, 0.25) is 0 Å². The second-order valence-electron chi connectivity index (χ2n) is 10.9. The third-order valence-corrected chi connectivity index (χ3v) is 7.09. The number of benzene rings is 2. The second kappa shape index (κ2) is 25.5. The van der Waals surface area contributed by atoms with E-state index in [1.165, 1.54) is 42.4 Å². The van der Waals surface area contributed by atoms with Gasteiger partial charge < -0.3 is 5.32 Å². The van der Waals surface area contributed by atoms with Crippen LogP contribution in [-0.4, -0.2) is 26.3 Å². The van der Waals surface area contributed by atoms with E-state index in [4.69, 9.17) is 0 Å². The van der Waals surface area contributed by atoms with Crippen LogP contribution in [0.4, 0.5) is 0 Å². The number of allylic oxidation sites excluding steroid dienone is 6. The maximum absolute atomic E-state index is 11.6. The molecule has 0 radical (unpaired) electrons. The van der Waals surface area contributed by atoms with Crippen molar-refractivity contribution in [1.82, 2.24) is 5.32 Å². The zero-order valence-corrected chi connectivity index (χ0v) is 27.6. The van der Waals surface area contributed by atoms with E-state index in [0.29, 0.717) is 5.92 Å². The molecule has 0 bridgehead atoms. The molecule has 1 N–H and O–H groups in total. The number of rotatable bonds is 16. The molecule has 2 rings (SSSR count). The molecule has 0 amide bonds. The van der Waals surface area contributed by atoms with Crippen LogP contribution < -0.4 is 5.32 Å². The number of aldehydes is 1. The van der Waals surface area contributed by atoms with E-state index >= 15 is 0 Å². The molecule has 0 fully saturated rings. The Morgan fingerprint density at radius 2 is 1.50 bits per heavy atom. The summed E-state index contributed by atoms with van der Waals surface area (Å²) < 4.78 is 0. The number of aryl methyl sites for hydroxylation is 2. The molecule has 0 saturated heterocycles. The molecule has 0 saturated carbocycles. The minimum absolute atomic E-state index is 0.398. The number of nitrogens with one attached hydrogen (secondary N) is 1. The Morgan fingerprint density at radius 1 is 0.905 bits per heavy atom. The fraction of sp³-hybridized carbons (Fsp3) is 0.462. The van der Waals surface area contributed by atoms with E-state index in [0.717, 1.165) is 67.1 Å². The molecule has 0 aliphatic heterocycles. The molecular formula is C39H57NO2. The van der Waals surface area contributed by atoms with Gasteiger partial charge in [0.05, 0.1) is 0 Å². The lowest BCUT2D eigenvalue weighted by Crippen LogP contribution is -2.00. The summed E-state index contributed by atoms with van der Waals surface area (Å²) in [4.78, 5) is 22.3. The highest BCUT2D eigenvalue weighted by molar-refractivity contribution is 5.91. The summed E-state index contributed by atoms with van der Waals surface area (Å²) in [5, 5.41) is 2.75. The SMILES string of the molecule is C=C(CC)C(/C(=C/CCCCCCCC(C=C=O)CCC)c1ccccc1C)=C(/C)C=O.CNC.Cc1ccccc1. The van der Waals surface area contributed by atoms with Gasteiger partial charge in [0.25, 0.3) is 0 Å². The predicted octanol–water partition coefficient (Wildman–Crippen LogP) is 10.2. The van der Waals surface area contributed by atoms with Crippen molar-refractivity contribution in [3.8, 4) is 0 Å². The van der Waals surface area contributed by atoms with Crippen molar-refractivity contribution in [3.63, 3.8) is 0 Å². The average molecular weight is 572 g/mol. The normalized spacial score (nSPS) is 11.9. The summed E-state index contributed by atoms with van der Waals surface area (Å²) in [5.74, 6) is 2.37. The van der Waals surface area contributed by atoms with Gasteiger partial charge >= 0.3 is 0 Å². The van der Waals surface area contributed by atoms with Crippen molar-refractivity contribution in [3.05, 3.63) is 107 Å². The lowest BCUT2D eigenvalue weighted by Gasteiger charge is -2.18. The van der Waals surface area contributed by atoms with Crippen LogP contribution in [0.25, 0.3) is 5.57 Å². The summed E-state index contributed by atoms with van der Waals surface area (Å²) in [6, 6.07) is 18.6. The van der Waals surface area contributed by atoms with Gasteiger partial charge in [-0.15, -0.1) is 0 Å². The first kappa shape index (κ1) is 38.7. The van der Waals surface area contributed by atoms with Gasteiger partial charge in [-0.25, -0.2) is 4.79 Å². The molecule has 230 valence electrons. The van der Waals surface area contributed by atoms with E-state index in [2.05, 4.69) is 82.1 Å². The van der Waals surface area contributed by atoms with Crippen LogP contribution in [0.15, 0.2) is 90.0 Å². The quantitative estimate of drug-likeness (QED) is 0.0717. The summed E-state index contributed by atoms with van der Waals surface area (Å²) in [7, 11) is 3.75. The monoisotopic (exact) mass is 571 g/mol. The molecule has 1 atom stereocenters. The molecule has 1 unspecified atom stereocenters. The topological polar surface area (TPSA) is 46.2 Å². The largest absolute Gasteiger partial charge is 0.323 e. The van der Waals surface area contributed by atoms with Gasteiger partial charge in [-0.3, -0.25) is 4.79 Å². The Morgan fingerprint density at radius 3 is 2.02 bits per heavy atom. The third-order valence-electron chi connectivity index (χ3n) is 7.09. The van der Waals surface area contributed by atoms with Crippen molar-refractivity contribution in [2.24, 2.45) is 5.92 Å². The molecule has 0 aromatic heterocycles. The van der Waals surface area contributed by atoms with E-state index < -0.39 is 0 Å². The molecule has 0 spiro atoms. The molecule has 0 aliphatic rings. The first-order chi connectivity index (χ1) is 20.3. The van der Waals surface area contributed by atoms with Gasteiger partial charge in [0.15, 0.2) is 0 Å². The fourth-order valence-electron chi connectivity index (χ4n) is 4.78. The summed E-state index contributed by atoms with van der Waals surface area (Å²) in [6.45, 7) is 14.6. The third kappa shape index (κ3) is 16.9. The van der Waals surface area contributed by atoms with E-state index in [1.807, 2.05) is 45.2 Å². The number of carbonyl (C=O) groups is 1. The molecule has 3 nitrogen and oxygen atoms in total. The highest BCUT2D eigenvalue weighted by Crippen LogP contribution is 2.34. The van der Waals surface area contributed by atoms with Crippen LogP contribution in [0.3, 0.4) is 0 Å². The zero-order chi connectivity index (χ0) is 31.6. The minimum atomic E-state index is 0.398. The molecule has 3 heteroatoms. The Labute approximate surface area is 257 Å². The molecule has 0 heterocycles. The summed E-state index contributed by atoms with van der Waals surface area (Å²) in [5.41, 5.74) is 7.62. The van der Waals surface area contributed by atoms with Crippen LogP contribution in [-0.2, 0) is 9.59 Å². The highest BCUT2D eigenvalue weighted by Gasteiger charge is 2.15. The Kier molecular flexibility index (Phi) is 23.5. The number of carbonyl (C=O) groups excluding carboxylic acids is 2. The molecule has 0 aliphatic carbocycles. The smallest absolute Gasteiger partial charge is 0.146 e. The van der Waals surface area contributed by atoms with E-state index in [1.54, 1.807) is 6.08 Å². The van der Waals surface area contributed by atoms with Crippen molar-refractivity contribution >= 4 is 17.8 Å². The van der Waals surface area contributed by atoms with Gasteiger partial charge in [0.2, 0.25) is 0 Å². The number of unbranched alkanes of at least 4 members (excludes halogenated alkanes) is 5. The Bertz CT molecular complexity index is 1120. The maximum atomic E-state index is 11.6. The van der Waals surface area contributed by atoms with Gasteiger partial charge in [0.1, 0.15) is 12.2 Å². The lowest BCUT2D eigenvalue weighted by molar-refractivity contribution is -0.104. The zero-order valence-electron chi connectivity index (χ0n) is 27.6. The lowest BCUT2D eigenvalue weighted by atomic mass is 9.86. The maximum Gasteiger partial charge on any atom is 0.146 e. The van der Waals surface area contributed by atoms with Gasteiger partial charge in [-0.05, 0) is 106 Å². The highest BCUT2D eigenvalue weighted by atomic mass is 16.1. The van der Waals surface area contributed by atoms with Crippen LogP contribution in [0.5, 0.6) is 0 Å². The summed E-state index contributed by atoms with van der Waals surface area (Å²) in [6.07, 6.45) is 16.0. The van der Waals surface area contributed by atoms with Crippen molar-refractivity contribution in [1.29, 1.82) is 0 Å². The Balaban J connectivity index is 0.00000142. The number of hydrogen-bond donors (Lipinski definition) is 1.